The zero-order valence-corrected chi connectivity index (χ0v) is 18.4. The maximum Gasteiger partial charge on any atom is 0.254 e. The summed E-state index contributed by atoms with van der Waals surface area (Å²) in [6.07, 6.45) is 1.99. The van der Waals surface area contributed by atoms with Gasteiger partial charge in [-0.25, -0.2) is 4.98 Å². The van der Waals surface area contributed by atoms with Crippen LogP contribution in [0.3, 0.4) is 0 Å². The van der Waals surface area contributed by atoms with E-state index in [1.54, 1.807) is 0 Å². The second-order valence-corrected chi connectivity index (χ2v) is 7.18. The van der Waals surface area contributed by atoms with E-state index in [2.05, 4.69) is 28.9 Å². The van der Waals surface area contributed by atoms with E-state index in [1.807, 2.05) is 48.2 Å². The first-order valence-electron chi connectivity index (χ1n) is 9.75. The number of hydrogen-bond donors (Lipinski definition) is 1. The lowest BCUT2D eigenvalue weighted by Gasteiger charge is -2.28. The van der Waals surface area contributed by atoms with Gasteiger partial charge in [-0.1, -0.05) is 25.1 Å². The standard InChI is InChI=1S/C22H26N4O.2ClH/c1-3-13-25(19-11-12-23-15-19)22(27)17-9-10-21-20(14-17)24-16(2)26(21)18-7-5-4-6-8-18;;/h4-10,14,19,23H,3,11-13,15H2,1-2H3;2*1H. The molecular formula is C22H28Cl2N4O. The Kier molecular flexibility index (Phi) is 8.08. The quantitative estimate of drug-likeness (QED) is 0.647. The zero-order chi connectivity index (χ0) is 18.8. The van der Waals surface area contributed by atoms with E-state index in [4.69, 9.17) is 4.98 Å². The Bertz CT molecular complexity index is 952. The molecule has 1 aromatic heterocycles. The van der Waals surface area contributed by atoms with Gasteiger partial charge in [-0.3, -0.25) is 9.36 Å². The van der Waals surface area contributed by atoms with Crippen molar-refractivity contribution in [3.05, 3.63) is 59.9 Å². The minimum Gasteiger partial charge on any atom is -0.334 e. The fourth-order valence-electron chi connectivity index (χ4n) is 4.00. The molecule has 1 aliphatic heterocycles. The van der Waals surface area contributed by atoms with Gasteiger partial charge in [0.25, 0.3) is 5.91 Å². The molecule has 1 amide bonds. The van der Waals surface area contributed by atoms with Crippen LogP contribution >= 0.6 is 24.8 Å². The van der Waals surface area contributed by atoms with Crippen molar-refractivity contribution < 1.29 is 4.79 Å². The maximum atomic E-state index is 13.2. The summed E-state index contributed by atoms with van der Waals surface area (Å²) in [6.45, 7) is 6.78. The van der Waals surface area contributed by atoms with Crippen molar-refractivity contribution in [2.24, 2.45) is 0 Å². The molecule has 156 valence electrons. The molecule has 1 aliphatic rings. The van der Waals surface area contributed by atoms with Gasteiger partial charge in [0, 0.05) is 30.4 Å². The van der Waals surface area contributed by atoms with E-state index >= 15 is 0 Å². The maximum absolute atomic E-state index is 13.2. The number of carbonyl (C=O) groups is 1. The van der Waals surface area contributed by atoms with Crippen molar-refractivity contribution >= 4 is 41.8 Å². The first-order chi connectivity index (χ1) is 13.2. The molecule has 1 atom stereocenters. The van der Waals surface area contributed by atoms with Crippen molar-refractivity contribution in [1.82, 2.24) is 19.8 Å². The molecule has 2 aromatic carbocycles. The highest BCUT2D eigenvalue weighted by molar-refractivity contribution is 5.98. The minimum absolute atomic E-state index is 0. The van der Waals surface area contributed by atoms with Crippen LogP contribution in [-0.4, -0.2) is 46.0 Å². The third-order valence-corrected chi connectivity index (χ3v) is 5.28. The molecule has 0 spiro atoms. The summed E-state index contributed by atoms with van der Waals surface area (Å²) in [7, 11) is 0. The smallest absolute Gasteiger partial charge is 0.254 e. The number of aryl methyl sites for hydroxylation is 1. The number of benzene rings is 2. The molecule has 29 heavy (non-hydrogen) atoms. The fourth-order valence-corrected chi connectivity index (χ4v) is 4.00. The molecule has 1 saturated heterocycles. The van der Waals surface area contributed by atoms with E-state index in [1.165, 1.54) is 0 Å². The molecule has 0 aliphatic carbocycles. The number of aromatic nitrogens is 2. The van der Waals surface area contributed by atoms with Gasteiger partial charge < -0.3 is 10.2 Å². The van der Waals surface area contributed by atoms with Crippen LogP contribution in [0, 0.1) is 6.92 Å². The highest BCUT2D eigenvalue weighted by Gasteiger charge is 2.27. The van der Waals surface area contributed by atoms with E-state index in [0.29, 0.717) is 0 Å². The van der Waals surface area contributed by atoms with Gasteiger partial charge in [-0.15, -0.1) is 24.8 Å². The molecule has 4 rings (SSSR count). The molecule has 1 fully saturated rings. The van der Waals surface area contributed by atoms with Crippen LogP contribution < -0.4 is 5.32 Å². The van der Waals surface area contributed by atoms with Crippen molar-refractivity contribution in [2.45, 2.75) is 32.7 Å². The summed E-state index contributed by atoms with van der Waals surface area (Å²) in [6, 6.07) is 16.4. The molecule has 0 radical (unpaired) electrons. The van der Waals surface area contributed by atoms with Crippen molar-refractivity contribution in [3.8, 4) is 5.69 Å². The largest absolute Gasteiger partial charge is 0.334 e. The van der Waals surface area contributed by atoms with Crippen LogP contribution in [0.1, 0.15) is 35.9 Å². The Balaban J connectivity index is 0.00000150. The molecule has 0 bridgehead atoms. The normalized spacial score (nSPS) is 15.6. The van der Waals surface area contributed by atoms with Crippen LogP contribution in [0.25, 0.3) is 16.7 Å². The van der Waals surface area contributed by atoms with Crippen LogP contribution in [-0.2, 0) is 0 Å². The summed E-state index contributed by atoms with van der Waals surface area (Å²) < 4.78 is 2.13. The number of carbonyl (C=O) groups excluding carboxylic acids is 1. The summed E-state index contributed by atoms with van der Waals surface area (Å²) in [5, 5.41) is 3.37. The number of imidazole rings is 1. The second-order valence-electron chi connectivity index (χ2n) is 7.18. The Labute approximate surface area is 184 Å². The first kappa shape index (κ1) is 23.2. The predicted molar refractivity (Wildman–Crippen MR) is 123 cm³/mol. The fraction of sp³-hybridized carbons (Fsp3) is 0.364. The lowest BCUT2D eigenvalue weighted by atomic mass is 10.1. The van der Waals surface area contributed by atoms with Crippen LogP contribution in [0.4, 0.5) is 0 Å². The number of fused-ring (bicyclic) bond motifs is 1. The molecule has 0 saturated carbocycles. The SMILES string of the molecule is CCCN(C(=O)c1ccc2c(c1)nc(C)n2-c1ccccc1)C1CCNC1.Cl.Cl. The Hall–Kier alpha value is -2.08. The third-order valence-electron chi connectivity index (χ3n) is 5.28. The summed E-state index contributed by atoms with van der Waals surface area (Å²) >= 11 is 0. The Morgan fingerprint density at radius 3 is 2.62 bits per heavy atom. The summed E-state index contributed by atoms with van der Waals surface area (Å²) in [5.41, 5.74) is 3.70. The van der Waals surface area contributed by atoms with Gasteiger partial charge in [0.2, 0.25) is 0 Å². The van der Waals surface area contributed by atoms with Gasteiger partial charge in [0.1, 0.15) is 5.82 Å². The molecule has 7 heteroatoms. The van der Waals surface area contributed by atoms with Gasteiger partial charge >= 0.3 is 0 Å². The van der Waals surface area contributed by atoms with Crippen molar-refractivity contribution in [3.63, 3.8) is 0 Å². The topological polar surface area (TPSA) is 50.2 Å². The number of nitrogens with one attached hydrogen (secondary N) is 1. The number of hydrogen-bond acceptors (Lipinski definition) is 3. The Morgan fingerprint density at radius 2 is 1.97 bits per heavy atom. The molecule has 2 heterocycles. The molecule has 1 N–H and O–H groups in total. The zero-order valence-electron chi connectivity index (χ0n) is 16.8. The molecule has 3 aromatic rings. The van der Waals surface area contributed by atoms with E-state index in [-0.39, 0.29) is 36.8 Å². The van der Waals surface area contributed by atoms with Crippen molar-refractivity contribution in [1.29, 1.82) is 0 Å². The monoisotopic (exact) mass is 434 g/mol. The van der Waals surface area contributed by atoms with Crippen LogP contribution in [0.15, 0.2) is 48.5 Å². The minimum atomic E-state index is 0. The average molecular weight is 435 g/mol. The highest BCUT2D eigenvalue weighted by Crippen LogP contribution is 2.23. The number of para-hydroxylation sites is 1. The summed E-state index contributed by atoms with van der Waals surface area (Å²) in [4.78, 5) is 19.9. The van der Waals surface area contributed by atoms with Gasteiger partial charge in [0.05, 0.1) is 11.0 Å². The number of halogens is 2. The predicted octanol–water partition coefficient (Wildman–Crippen LogP) is 4.39. The Morgan fingerprint density at radius 1 is 1.21 bits per heavy atom. The van der Waals surface area contributed by atoms with E-state index in [0.717, 1.165) is 60.6 Å². The molecule has 1 unspecified atom stereocenters. The van der Waals surface area contributed by atoms with Crippen molar-refractivity contribution in [2.75, 3.05) is 19.6 Å². The number of rotatable bonds is 5. The lowest BCUT2D eigenvalue weighted by Crippen LogP contribution is -2.42. The second kappa shape index (κ2) is 10.1. The number of amides is 1. The van der Waals surface area contributed by atoms with Gasteiger partial charge in [0.15, 0.2) is 0 Å². The summed E-state index contributed by atoms with van der Waals surface area (Å²) in [5.74, 6) is 1.03. The van der Waals surface area contributed by atoms with Gasteiger partial charge in [-0.05, 0) is 56.6 Å². The van der Waals surface area contributed by atoms with Crippen LogP contribution in [0.2, 0.25) is 0 Å². The first-order valence-corrected chi connectivity index (χ1v) is 9.75. The van der Waals surface area contributed by atoms with E-state index in [9.17, 15) is 4.79 Å². The lowest BCUT2D eigenvalue weighted by molar-refractivity contribution is 0.0692. The van der Waals surface area contributed by atoms with Crippen LogP contribution in [0.5, 0.6) is 0 Å². The highest BCUT2D eigenvalue weighted by atomic mass is 35.5. The number of nitrogens with zero attached hydrogens (tertiary/aromatic N) is 3. The molecular weight excluding hydrogens is 407 g/mol. The molecule has 5 nitrogen and oxygen atoms in total. The van der Waals surface area contributed by atoms with E-state index < -0.39 is 0 Å². The van der Waals surface area contributed by atoms with Gasteiger partial charge in [-0.2, -0.15) is 0 Å². The third kappa shape index (κ3) is 4.58. The average Bonchev–Trinajstić information content (AvgIpc) is 3.32.